The number of hydrogen-bond acceptors (Lipinski definition) is 2. The van der Waals surface area contributed by atoms with Crippen molar-refractivity contribution in [2.45, 2.75) is 63.3 Å². The molecule has 27 heavy (non-hydrogen) atoms. The van der Waals surface area contributed by atoms with Gasteiger partial charge in [0.25, 0.3) is 0 Å². The zero-order valence-electron chi connectivity index (χ0n) is 17.5. The Bertz CT molecular complexity index is 802. The average Bonchev–Trinajstić information content (AvgIpc) is 2.99. The molecule has 0 spiro atoms. The molecule has 4 rings (SSSR count). The van der Waals surface area contributed by atoms with Crippen LogP contribution < -0.4 is 4.74 Å². The topological polar surface area (TPSA) is 18.5 Å². The van der Waals surface area contributed by atoms with Gasteiger partial charge in [0.05, 0.1) is 12.7 Å². The Morgan fingerprint density at radius 3 is 2.04 bits per heavy atom. The zero-order chi connectivity index (χ0) is 19.4. The molecule has 1 fully saturated rings. The molecule has 0 aromatic heterocycles. The summed E-state index contributed by atoms with van der Waals surface area (Å²) in [5.41, 5.74) is 3.07. The third kappa shape index (κ3) is 2.70. The molecular formula is C24H32O2Si. The first-order chi connectivity index (χ1) is 12.7. The minimum Gasteiger partial charge on any atom is -0.493 e. The van der Waals surface area contributed by atoms with Crippen molar-refractivity contribution in [2.24, 2.45) is 5.92 Å². The number of rotatable bonds is 1. The summed E-state index contributed by atoms with van der Waals surface area (Å²) in [7, 11) is -2.28. The van der Waals surface area contributed by atoms with Gasteiger partial charge in [0.1, 0.15) is 5.75 Å². The van der Waals surface area contributed by atoms with Gasteiger partial charge in [-0.05, 0) is 21.7 Å². The number of hydrogen-bond donors (Lipinski definition) is 0. The summed E-state index contributed by atoms with van der Waals surface area (Å²) in [6.45, 7) is 15.1. The monoisotopic (exact) mass is 380 g/mol. The summed E-state index contributed by atoms with van der Waals surface area (Å²) in [4.78, 5) is 0. The van der Waals surface area contributed by atoms with E-state index in [2.05, 4.69) is 96.1 Å². The van der Waals surface area contributed by atoms with E-state index in [0.717, 1.165) is 12.4 Å². The van der Waals surface area contributed by atoms with E-state index in [4.69, 9.17) is 9.16 Å². The van der Waals surface area contributed by atoms with Crippen molar-refractivity contribution in [3.63, 3.8) is 0 Å². The highest BCUT2D eigenvalue weighted by Gasteiger charge is 2.68. The van der Waals surface area contributed by atoms with Crippen LogP contribution in [0.15, 0.2) is 54.6 Å². The summed E-state index contributed by atoms with van der Waals surface area (Å²) in [5.74, 6) is 1.37. The van der Waals surface area contributed by atoms with Crippen LogP contribution in [-0.2, 0) is 4.43 Å². The van der Waals surface area contributed by atoms with E-state index in [1.54, 1.807) is 0 Å². The fraction of sp³-hybridized carbons (Fsp3) is 0.500. The molecule has 3 atom stereocenters. The van der Waals surface area contributed by atoms with Gasteiger partial charge in [-0.15, -0.1) is 0 Å². The molecule has 2 heterocycles. The van der Waals surface area contributed by atoms with Gasteiger partial charge < -0.3 is 9.16 Å². The van der Waals surface area contributed by atoms with Gasteiger partial charge in [-0.1, -0.05) is 90.1 Å². The molecule has 0 radical (unpaired) electrons. The van der Waals surface area contributed by atoms with Gasteiger partial charge in [0.15, 0.2) is 0 Å². The second kappa shape index (κ2) is 6.21. The number of para-hydroxylation sites is 1. The lowest BCUT2D eigenvalue weighted by Gasteiger charge is -2.51. The van der Waals surface area contributed by atoms with Crippen LogP contribution in [0.2, 0.25) is 10.1 Å². The Labute approximate surface area is 165 Å². The highest BCUT2D eigenvalue weighted by Crippen LogP contribution is 2.67. The molecule has 0 unspecified atom stereocenters. The molecular weight excluding hydrogens is 348 g/mol. The Morgan fingerprint density at radius 2 is 1.41 bits per heavy atom. The van der Waals surface area contributed by atoms with Crippen LogP contribution in [0, 0.1) is 5.92 Å². The second-order valence-corrected chi connectivity index (χ2v) is 15.5. The Morgan fingerprint density at radius 1 is 0.815 bits per heavy atom. The quantitative estimate of drug-likeness (QED) is 0.517. The average molecular weight is 381 g/mol. The van der Waals surface area contributed by atoms with Crippen LogP contribution in [0.5, 0.6) is 5.75 Å². The molecule has 2 aliphatic heterocycles. The van der Waals surface area contributed by atoms with Crippen molar-refractivity contribution in [3.05, 3.63) is 65.7 Å². The van der Waals surface area contributed by atoms with Gasteiger partial charge in [-0.3, -0.25) is 0 Å². The predicted molar refractivity (Wildman–Crippen MR) is 114 cm³/mol. The normalized spacial score (nSPS) is 26.8. The zero-order valence-corrected chi connectivity index (χ0v) is 18.5. The minimum absolute atomic E-state index is 0.109. The largest absolute Gasteiger partial charge is 0.493 e. The van der Waals surface area contributed by atoms with Gasteiger partial charge in [0.2, 0.25) is 8.32 Å². The maximum atomic E-state index is 7.33. The van der Waals surface area contributed by atoms with Gasteiger partial charge >= 0.3 is 0 Å². The molecule has 0 N–H and O–H groups in total. The lowest BCUT2D eigenvalue weighted by atomic mass is 9.88. The molecule has 1 saturated heterocycles. The van der Waals surface area contributed by atoms with Gasteiger partial charge in [0, 0.05) is 17.0 Å². The van der Waals surface area contributed by atoms with Crippen molar-refractivity contribution < 1.29 is 9.16 Å². The van der Waals surface area contributed by atoms with E-state index in [1.165, 1.54) is 11.1 Å². The fourth-order valence-corrected chi connectivity index (χ4v) is 13.1. The number of benzene rings is 2. The maximum Gasteiger partial charge on any atom is 0.212 e. The SMILES string of the molecule is CC(C)(C)[Si]1(C(C)(C)C)O[C@@H]2c3ccccc3OC[C@@H]2[C@@H]1c1ccccc1. The summed E-state index contributed by atoms with van der Waals surface area (Å²) in [6, 6.07) is 19.5. The summed E-state index contributed by atoms with van der Waals surface area (Å²) >= 11 is 0. The highest BCUT2D eigenvalue weighted by atomic mass is 28.4. The van der Waals surface area contributed by atoms with E-state index >= 15 is 0 Å². The molecule has 2 aliphatic rings. The van der Waals surface area contributed by atoms with Crippen LogP contribution in [0.1, 0.15) is 64.3 Å². The van der Waals surface area contributed by atoms with E-state index in [0.29, 0.717) is 11.5 Å². The first-order valence-electron chi connectivity index (χ1n) is 10.1. The van der Waals surface area contributed by atoms with Crippen molar-refractivity contribution in [3.8, 4) is 5.75 Å². The van der Waals surface area contributed by atoms with Crippen LogP contribution in [0.4, 0.5) is 0 Å². The van der Waals surface area contributed by atoms with Crippen molar-refractivity contribution in [1.82, 2.24) is 0 Å². The summed E-state index contributed by atoms with van der Waals surface area (Å²) in [6.07, 6.45) is 0.130. The number of ether oxygens (including phenoxy) is 1. The van der Waals surface area contributed by atoms with E-state index in [1.807, 2.05) is 0 Å². The van der Waals surface area contributed by atoms with Crippen LogP contribution in [-0.4, -0.2) is 14.9 Å². The molecule has 144 valence electrons. The van der Waals surface area contributed by atoms with Crippen LogP contribution in [0.3, 0.4) is 0 Å². The first-order valence-corrected chi connectivity index (χ1v) is 12.1. The molecule has 0 saturated carbocycles. The van der Waals surface area contributed by atoms with Crippen LogP contribution in [0.25, 0.3) is 0 Å². The second-order valence-electron chi connectivity index (χ2n) is 10.2. The van der Waals surface area contributed by atoms with Gasteiger partial charge in [-0.25, -0.2) is 0 Å². The maximum absolute atomic E-state index is 7.33. The molecule has 2 aromatic carbocycles. The predicted octanol–water partition coefficient (Wildman–Crippen LogP) is 6.64. The molecule has 0 amide bonds. The lowest BCUT2D eigenvalue weighted by molar-refractivity contribution is 0.0963. The summed E-state index contributed by atoms with van der Waals surface area (Å²) in [5, 5.41) is 0.218. The lowest BCUT2D eigenvalue weighted by Crippen LogP contribution is -2.56. The van der Waals surface area contributed by atoms with E-state index in [-0.39, 0.29) is 16.2 Å². The molecule has 0 bridgehead atoms. The molecule has 2 nitrogen and oxygen atoms in total. The van der Waals surface area contributed by atoms with Crippen LogP contribution >= 0.6 is 0 Å². The van der Waals surface area contributed by atoms with E-state index < -0.39 is 8.32 Å². The first kappa shape index (κ1) is 18.8. The Hall–Kier alpha value is -1.58. The third-order valence-corrected chi connectivity index (χ3v) is 13.3. The van der Waals surface area contributed by atoms with Crippen molar-refractivity contribution >= 4 is 8.32 Å². The smallest absolute Gasteiger partial charge is 0.212 e. The molecule has 3 heteroatoms. The number of fused-ring (bicyclic) bond motifs is 3. The minimum atomic E-state index is -2.28. The van der Waals surface area contributed by atoms with Gasteiger partial charge in [-0.2, -0.15) is 0 Å². The van der Waals surface area contributed by atoms with E-state index in [9.17, 15) is 0 Å². The Kier molecular flexibility index (Phi) is 4.32. The standard InChI is InChI=1S/C24H32O2Si/c1-23(2,3)27(24(4,5)6)22(17-12-8-7-9-13-17)19-16-25-20-15-11-10-14-18(20)21(19)26-27/h7-15,19,21-22H,16H2,1-6H3/t19-,21+,22-/m0/s1. The molecule has 2 aromatic rings. The molecule has 0 aliphatic carbocycles. The fourth-order valence-electron chi connectivity index (χ4n) is 5.90. The van der Waals surface area contributed by atoms with Crippen molar-refractivity contribution in [1.29, 1.82) is 0 Å². The highest BCUT2D eigenvalue weighted by molar-refractivity contribution is 6.81. The Balaban J connectivity index is 1.95. The summed E-state index contributed by atoms with van der Waals surface area (Å²) < 4.78 is 13.6. The third-order valence-electron chi connectivity index (χ3n) is 6.61. The van der Waals surface area contributed by atoms with Crippen molar-refractivity contribution in [2.75, 3.05) is 6.61 Å².